The Morgan fingerprint density at radius 3 is 2.54 bits per heavy atom. The maximum atomic E-state index is 11.1. The van der Waals surface area contributed by atoms with Crippen molar-refractivity contribution in [1.82, 2.24) is 9.88 Å². The third-order valence-electron chi connectivity index (χ3n) is 5.38. The molecule has 1 aromatic carbocycles. The first-order valence-corrected chi connectivity index (χ1v) is 10.1. The molecule has 4 rings (SSSR count). The number of halogens is 1. The van der Waals surface area contributed by atoms with E-state index in [1.54, 1.807) is 0 Å². The fourth-order valence-electron chi connectivity index (χ4n) is 3.57. The number of anilines is 2. The summed E-state index contributed by atoms with van der Waals surface area (Å²) in [6.45, 7) is 6.11. The van der Waals surface area contributed by atoms with Crippen molar-refractivity contribution in [3.05, 3.63) is 57.2 Å². The highest BCUT2D eigenvalue weighted by atomic mass is 35.5. The maximum Gasteiger partial charge on any atom is 0.312 e. The molecule has 1 aliphatic carbocycles. The zero-order valence-electron chi connectivity index (χ0n) is 15.7. The monoisotopic (exact) mass is 401 g/mol. The third-order valence-corrected chi connectivity index (χ3v) is 5.58. The van der Waals surface area contributed by atoms with E-state index in [9.17, 15) is 10.1 Å². The average Bonchev–Trinajstić information content (AvgIpc) is 3.52. The molecule has 7 nitrogen and oxygen atoms in total. The Hall–Kier alpha value is -2.38. The van der Waals surface area contributed by atoms with E-state index < -0.39 is 4.92 Å². The van der Waals surface area contributed by atoms with Crippen molar-refractivity contribution >= 4 is 28.8 Å². The van der Waals surface area contributed by atoms with E-state index >= 15 is 0 Å². The van der Waals surface area contributed by atoms with Crippen LogP contribution in [0.5, 0.6) is 0 Å². The number of aromatic nitrogens is 1. The minimum atomic E-state index is -0.479. The van der Waals surface area contributed by atoms with E-state index in [1.807, 2.05) is 0 Å². The molecular formula is C20H24ClN5O2. The van der Waals surface area contributed by atoms with Gasteiger partial charge in [0.1, 0.15) is 0 Å². The van der Waals surface area contributed by atoms with E-state index in [2.05, 4.69) is 44.4 Å². The molecule has 0 amide bonds. The van der Waals surface area contributed by atoms with Crippen molar-refractivity contribution in [2.45, 2.75) is 19.4 Å². The second kappa shape index (κ2) is 8.32. The second-order valence-electron chi connectivity index (χ2n) is 7.53. The number of hydrogen-bond acceptors (Lipinski definition) is 6. The second-order valence-corrected chi connectivity index (χ2v) is 7.97. The third kappa shape index (κ3) is 4.72. The van der Waals surface area contributed by atoms with Gasteiger partial charge in [-0.25, -0.2) is 4.98 Å². The molecular weight excluding hydrogens is 378 g/mol. The van der Waals surface area contributed by atoms with E-state index in [4.69, 9.17) is 11.6 Å². The quantitative estimate of drug-likeness (QED) is 0.562. The van der Waals surface area contributed by atoms with Crippen LogP contribution in [0.3, 0.4) is 0 Å². The molecule has 1 saturated carbocycles. The highest BCUT2D eigenvalue weighted by Gasteiger charge is 2.26. The number of pyridine rings is 1. The van der Waals surface area contributed by atoms with Gasteiger partial charge in [-0.05, 0) is 36.5 Å². The van der Waals surface area contributed by atoms with Crippen molar-refractivity contribution in [3.8, 4) is 0 Å². The van der Waals surface area contributed by atoms with Crippen molar-refractivity contribution in [3.63, 3.8) is 0 Å². The van der Waals surface area contributed by atoms with Crippen LogP contribution in [0.15, 0.2) is 36.5 Å². The highest BCUT2D eigenvalue weighted by Crippen LogP contribution is 2.30. The fraction of sp³-hybridized carbons (Fsp3) is 0.450. The molecule has 1 N–H and O–H groups in total. The minimum absolute atomic E-state index is 0.117. The van der Waals surface area contributed by atoms with Gasteiger partial charge in [0.15, 0.2) is 0 Å². The summed E-state index contributed by atoms with van der Waals surface area (Å²) in [5.41, 5.74) is 2.15. The zero-order valence-corrected chi connectivity index (χ0v) is 16.4. The van der Waals surface area contributed by atoms with E-state index in [0.717, 1.165) is 37.7 Å². The summed E-state index contributed by atoms with van der Waals surface area (Å²) in [5.74, 6) is 1.18. The van der Waals surface area contributed by atoms with Gasteiger partial charge < -0.3 is 10.2 Å². The van der Waals surface area contributed by atoms with Crippen LogP contribution >= 0.6 is 11.6 Å². The van der Waals surface area contributed by atoms with Crippen molar-refractivity contribution in [2.75, 3.05) is 42.9 Å². The van der Waals surface area contributed by atoms with Gasteiger partial charge in [0.25, 0.3) is 0 Å². The molecule has 0 spiro atoms. The molecule has 0 bridgehead atoms. The van der Waals surface area contributed by atoms with Crippen molar-refractivity contribution in [2.24, 2.45) is 5.92 Å². The molecule has 0 atom stereocenters. The van der Waals surface area contributed by atoms with Gasteiger partial charge in [-0.2, -0.15) is 0 Å². The zero-order chi connectivity index (χ0) is 19.5. The molecule has 28 heavy (non-hydrogen) atoms. The number of hydrogen-bond donors (Lipinski definition) is 1. The van der Waals surface area contributed by atoms with Crippen molar-refractivity contribution in [1.29, 1.82) is 0 Å². The Kier molecular flexibility index (Phi) is 5.64. The van der Waals surface area contributed by atoms with Gasteiger partial charge in [0, 0.05) is 57.2 Å². The number of piperazine rings is 1. The summed E-state index contributed by atoms with van der Waals surface area (Å²) in [4.78, 5) is 19.7. The Balaban J connectivity index is 1.32. The summed E-state index contributed by atoms with van der Waals surface area (Å²) in [6, 6.07) is 9.67. The average molecular weight is 402 g/mol. The maximum absolute atomic E-state index is 11.1. The van der Waals surface area contributed by atoms with Crippen LogP contribution in [0.1, 0.15) is 18.4 Å². The van der Waals surface area contributed by atoms with Gasteiger partial charge in [-0.15, -0.1) is 0 Å². The van der Waals surface area contributed by atoms with Gasteiger partial charge in [-0.1, -0.05) is 23.7 Å². The molecule has 8 heteroatoms. The molecule has 2 aliphatic rings. The highest BCUT2D eigenvalue weighted by molar-refractivity contribution is 6.30. The molecule has 1 aromatic heterocycles. The summed E-state index contributed by atoms with van der Waals surface area (Å²) < 4.78 is 0. The largest absolute Gasteiger partial charge is 0.369 e. The number of nitrogens with zero attached hydrogens (tertiary/aromatic N) is 4. The number of benzene rings is 1. The van der Waals surface area contributed by atoms with Crippen LogP contribution < -0.4 is 10.2 Å². The molecule has 2 heterocycles. The standard InChI is InChI=1S/C20H24ClN5O2/c21-17-11-19(26(27)28)20(23-13-17)22-12-15-3-5-18(6-4-15)25-9-7-24(8-10-25)14-16-1-2-16/h3-6,11,13,16H,1-2,7-10,12,14H2,(H,22,23). The van der Waals surface area contributed by atoms with Gasteiger partial charge in [0.2, 0.25) is 5.82 Å². The van der Waals surface area contributed by atoms with E-state index in [-0.39, 0.29) is 16.5 Å². The fourth-order valence-corrected chi connectivity index (χ4v) is 3.72. The van der Waals surface area contributed by atoms with Crippen LogP contribution in [0, 0.1) is 16.0 Å². The molecule has 2 fully saturated rings. The first kappa shape index (κ1) is 19.0. The lowest BCUT2D eigenvalue weighted by atomic mass is 10.1. The predicted molar refractivity (Wildman–Crippen MR) is 111 cm³/mol. The van der Waals surface area contributed by atoms with Crippen LogP contribution in [-0.2, 0) is 6.54 Å². The van der Waals surface area contributed by atoms with E-state index in [1.165, 1.54) is 37.3 Å². The van der Waals surface area contributed by atoms with Gasteiger partial charge in [-0.3, -0.25) is 15.0 Å². The Morgan fingerprint density at radius 1 is 1.18 bits per heavy atom. The predicted octanol–water partition coefficient (Wildman–Crippen LogP) is 3.79. The topological polar surface area (TPSA) is 74.5 Å². The summed E-state index contributed by atoms with van der Waals surface area (Å²) in [5, 5.41) is 14.4. The SMILES string of the molecule is O=[N+]([O-])c1cc(Cl)cnc1NCc1ccc(N2CCN(CC3CC3)CC2)cc1. The number of rotatable bonds is 7. The first-order chi connectivity index (χ1) is 13.6. The van der Waals surface area contributed by atoms with Crippen molar-refractivity contribution < 1.29 is 4.92 Å². The van der Waals surface area contributed by atoms with E-state index in [0.29, 0.717) is 6.54 Å². The molecule has 1 saturated heterocycles. The van der Waals surface area contributed by atoms with Gasteiger partial charge in [0.05, 0.1) is 9.95 Å². The molecule has 148 valence electrons. The lowest BCUT2D eigenvalue weighted by Gasteiger charge is -2.36. The molecule has 0 radical (unpaired) electrons. The Morgan fingerprint density at radius 2 is 1.89 bits per heavy atom. The minimum Gasteiger partial charge on any atom is -0.369 e. The lowest BCUT2D eigenvalue weighted by Crippen LogP contribution is -2.47. The molecule has 2 aromatic rings. The number of nitro groups is 1. The number of nitrogens with one attached hydrogen (secondary N) is 1. The Bertz CT molecular complexity index is 833. The summed E-state index contributed by atoms with van der Waals surface area (Å²) in [6.07, 6.45) is 4.22. The van der Waals surface area contributed by atoms with Gasteiger partial charge >= 0.3 is 5.69 Å². The van der Waals surface area contributed by atoms with Crippen LogP contribution in [0.2, 0.25) is 5.02 Å². The molecule has 0 unspecified atom stereocenters. The summed E-state index contributed by atoms with van der Waals surface area (Å²) >= 11 is 5.80. The lowest BCUT2D eigenvalue weighted by molar-refractivity contribution is -0.384. The smallest absolute Gasteiger partial charge is 0.312 e. The normalized spacial score (nSPS) is 17.5. The molecule has 1 aliphatic heterocycles. The Labute approximate surface area is 169 Å². The van der Waals surface area contributed by atoms with Crippen LogP contribution in [-0.4, -0.2) is 47.5 Å². The van der Waals surface area contributed by atoms with Crippen LogP contribution in [0.4, 0.5) is 17.2 Å². The summed E-state index contributed by atoms with van der Waals surface area (Å²) in [7, 11) is 0. The van der Waals surface area contributed by atoms with Crippen LogP contribution in [0.25, 0.3) is 0 Å². The first-order valence-electron chi connectivity index (χ1n) is 9.68.